The molecule has 1 heterocycles. The third-order valence-corrected chi connectivity index (χ3v) is 3.95. The van der Waals surface area contributed by atoms with Crippen LogP contribution in [-0.2, 0) is 4.79 Å². The predicted octanol–water partition coefficient (Wildman–Crippen LogP) is 1.89. The first-order valence-electron chi connectivity index (χ1n) is 5.21. The average molecular weight is 319 g/mol. The molecule has 94 valence electrons. The molecule has 1 rings (SSSR count). The topological polar surface area (TPSA) is 63.4 Å². The summed E-state index contributed by atoms with van der Waals surface area (Å²) in [5.74, 6) is -0.408. The molecule has 1 aromatic heterocycles. The standard InChI is InChI=1S/C11H15BrN2O2S/c1-7(2)14(6-11(13)16)5-8(15)9-3-4-10(12)17-9/h3-4,7H,5-6H2,1-2H3,(H2,13,16). The summed E-state index contributed by atoms with van der Waals surface area (Å²) in [7, 11) is 0. The molecule has 0 fully saturated rings. The molecule has 0 bridgehead atoms. The van der Waals surface area contributed by atoms with E-state index in [1.807, 2.05) is 19.9 Å². The number of nitrogens with two attached hydrogens (primary N) is 1. The zero-order valence-corrected chi connectivity index (χ0v) is 12.2. The van der Waals surface area contributed by atoms with Crippen molar-refractivity contribution in [1.82, 2.24) is 4.90 Å². The molecule has 17 heavy (non-hydrogen) atoms. The SMILES string of the molecule is CC(C)N(CC(N)=O)CC(=O)c1ccc(Br)s1. The van der Waals surface area contributed by atoms with Crippen molar-refractivity contribution < 1.29 is 9.59 Å². The van der Waals surface area contributed by atoms with E-state index in [1.165, 1.54) is 11.3 Å². The molecule has 0 spiro atoms. The third-order valence-electron chi connectivity index (χ3n) is 2.28. The van der Waals surface area contributed by atoms with Gasteiger partial charge in [0, 0.05) is 6.04 Å². The summed E-state index contributed by atoms with van der Waals surface area (Å²) < 4.78 is 0.923. The predicted molar refractivity (Wildman–Crippen MR) is 72.3 cm³/mol. The minimum atomic E-state index is -0.418. The molecule has 0 atom stereocenters. The number of rotatable bonds is 6. The Morgan fingerprint density at radius 2 is 2.06 bits per heavy atom. The first-order valence-corrected chi connectivity index (χ1v) is 6.82. The number of Topliss-reactive ketones (excluding diaryl/α,β-unsaturated/α-hetero) is 1. The molecule has 0 unspecified atom stereocenters. The molecular weight excluding hydrogens is 304 g/mol. The molecule has 0 radical (unpaired) electrons. The maximum atomic E-state index is 12.0. The van der Waals surface area contributed by atoms with Gasteiger partial charge in [0.1, 0.15) is 0 Å². The Kier molecular flexibility index (Phi) is 5.30. The molecule has 0 aliphatic carbocycles. The lowest BCUT2D eigenvalue weighted by atomic mass is 10.2. The quantitative estimate of drug-likeness (QED) is 0.815. The van der Waals surface area contributed by atoms with Gasteiger partial charge in [-0.1, -0.05) is 0 Å². The number of carbonyl (C=O) groups is 2. The molecule has 1 amide bonds. The van der Waals surface area contributed by atoms with E-state index >= 15 is 0 Å². The van der Waals surface area contributed by atoms with E-state index in [4.69, 9.17) is 5.73 Å². The summed E-state index contributed by atoms with van der Waals surface area (Å²) in [6.07, 6.45) is 0. The number of thiophene rings is 1. The largest absolute Gasteiger partial charge is 0.369 e. The van der Waals surface area contributed by atoms with Gasteiger partial charge >= 0.3 is 0 Å². The molecule has 4 nitrogen and oxygen atoms in total. The first kappa shape index (κ1) is 14.3. The lowest BCUT2D eigenvalue weighted by Crippen LogP contribution is -2.41. The van der Waals surface area contributed by atoms with Crippen LogP contribution in [0.25, 0.3) is 0 Å². The van der Waals surface area contributed by atoms with Crippen LogP contribution in [0.15, 0.2) is 15.9 Å². The fourth-order valence-corrected chi connectivity index (χ4v) is 2.66. The number of hydrogen-bond donors (Lipinski definition) is 1. The van der Waals surface area contributed by atoms with E-state index in [9.17, 15) is 9.59 Å². The van der Waals surface area contributed by atoms with Crippen LogP contribution in [0, 0.1) is 0 Å². The van der Waals surface area contributed by atoms with E-state index < -0.39 is 5.91 Å². The van der Waals surface area contributed by atoms with Crippen LogP contribution < -0.4 is 5.73 Å². The number of halogens is 1. The van der Waals surface area contributed by atoms with Crippen LogP contribution in [0.4, 0.5) is 0 Å². The van der Waals surface area contributed by atoms with Crippen LogP contribution in [0.3, 0.4) is 0 Å². The average Bonchev–Trinajstić information content (AvgIpc) is 2.63. The van der Waals surface area contributed by atoms with E-state index in [0.29, 0.717) is 4.88 Å². The number of primary amides is 1. The lowest BCUT2D eigenvalue weighted by Gasteiger charge is -2.23. The van der Waals surface area contributed by atoms with Gasteiger partial charge in [0.15, 0.2) is 5.78 Å². The minimum absolute atomic E-state index is 0.00986. The maximum Gasteiger partial charge on any atom is 0.231 e. The maximum absolute atomic E-state index is 12.0. The summed E-state index contributed by atoms with van der Waals surface area (Å²) in [4.78, 5) is 25.3. The zero-order valence-electron chi connectivity index (χ0n) is 9.77. The van der Waals surface area contributed by atoms with Crippen molar-refractivity contribution in [3.8, 4) is 0 Å². The van der Waals surface area contributed by atoms with E-state index in [2.05, 4.69) is 15.9 Å². The van der Waals surface area contributed by atoms with Gasteiger partial charge in [-0.2, -0.15) is 0 Å². The Bertz CT molecular complexity index is 417. The number of ketones is 1. The summed E-state index contributed by atoms with van der Waals surface area (Å²) in [6, 6.07) is 3.72. The highest BCUT2D eigenvalue weighted by atomic mass is 79.9. The van der Waals surface area contributed by atoms with Crippen molar-refractivity contribution in [1.29, 1.82) is 0 Å². The Hall–Kier alpha value is -0.720. The van der Waals surface area contributed by atoms with Gasteiger partial charge in [-0.25, -0.2) is 0 Å². The highest BCUT2D eigenvalue weighted by molar-refractivity contribution is 9.11. The zero-order chi connectivity index (χ0) is 13.0. The molecule has 0 saturated carbocycles. The first-order chi connectivity index (χ1) is 7.90. The summed E-state index contributed by atoms with van der Waals surface area (Å²) >= 11 is 4.71. The van der Waals surface area contributed by atoms with Gasteiger partial charge in [-0.3, -0.25) is 14.5 Å². The van der Waals surface area contributed by atoms with Gasteiger partial charge in [0.25, 0.3) is 0 Å². The second-order valence-corrected chi connectivity index (χ2v) is 6.45. The van der Waals surface area contributed by atoms with Crippen molar-refractivity contribution in [3.63, 3.8) is 0 Å². The van der Waals surface area contributed by atoms with Crippen LogP contribution in [0.5, 0.6) is 0 Å². The van der Waals surface area contributed by atoms with Crippen LogP contribution in [0.2, 0.25) is 0 Å². The second-order valence-electron chi connectivity index (χ2n) is 3.99. The summed E-state index contributed by atoms with van der Waals surface area (Å²) in [6.45, 7) is 4.19. The molecule has 1 aromatic rings. The van der Waals surface area contributed by atoms with Crippen molar-refractivity contribution in [2.24, 2.45) is 5.73 Å². The van der Waals surface area contributed by atoms with Crippen molar-refractivity contribution in [3.05, 3.63) is 20.8 Å². The summed E-state index contributed by atoms with van der Waals surface area (Å²) in [5, 5.41) is 0. The normalized spacial score (nSPS) is 11.1. The molecule has 6 heteroatoms. The molecule has 2 N–H and O–H groups in total. The van der Waals surface area contributed by atoms with Gasteiger partial charge in [0.2, 0.25) is 5.91 Å². The van der Waals surface area contributed by atoms with E-state index in [1.54, 1.807) is 11.0 Å². The smallest absolute Gasteiger partial charge is 0.231 e. The van der Waals surface area contributed by atoms with Crippen molar-refractivity contribution in [2.45, 2.75) is 19.9 Å². The fourth-order valence-electron chi connectivity index (χ4n) is 1.35. The number of nitrogens with zero attached hydrogens (tertiary/aromatic N) is 1. The van der Waals surface area contributed by atoms with Gasteiger partial charge < -0.3 is 5.73 Å². The highest BCUT2D eigenvalue weighted by Gasteiger charge is 2.18. The lowest BCUT2D eigenvalue weighted by molar-refractivity contribution is -0.119. The second kappa shape index (κ2) is 6.28. The van der Waals surface area contributed by atoms with Crippen molar-refractivity contribution in [2.75, 3.05) is 13.1 Å². The number of carbonyl (C=O) groups excluding carboxylic acids is 2. The van der Waals surface area contributed by atoms with E-state index in [0.717, 1.165) is 3.79 Å². The van der Waals surface area contributed by atoms with Gasteiger partial charge in [-0.05, 0) is 41.9 Å². The van der Waals surface area contributed by atoms with Crippen LogP contribution in [0.1, 0.15) is 23.5 Å². The van der Waals surface area contributed by atoms with Gasteiger partial charge in [-0.15, -0.1) is 11.3 Å². The molecular formula is C11H15BrN2O2S. The summed E-state index contributed by atoms with van der Waals surface area (Å²) in [5.41, 5.74) is 5.15. The van der Waals surface area contributed by atoms with Crippen LogP contribution >= 0.6 is 27.3 Å². The molecule has 0 aromatic carbocycles. The molecule has 0 aliphatic heterocycles. The number of hydrogen-bond acceptors (Lipinski definition) is 4. The van der Waals surface area contributed by atoms with Gasteiger partial charge in [0.05, 0.1) is 21.8 Å². The Labute approximate surface area is 113 Å². The fraction of sp³-hybridized carbons (Fsp3) is 0.455. The molecule has 0 saturated heterocycles. The van der Waals surface area contributed by atoms with E-state index in [-0.39, 0.29) is 24.9 Å². The molecule has 0 aliphatic rings. The Balaban J connectivity index is 2.67. The highest BCUT2D eigenvalue weighted by Crippen LogP contribution is 2.22. The van der Waals surface area contributed by atoms with Crippen molar-refractivity contribution >= 4 is 39.0 Å². The number of amides is 1. The Morgan fingerprint density at radius 3 is 2.47 bits per heavy atom. The monoisotopic (exact) mass is 318 g/mol. The minimum Gasteiger partial charge on any atom is -0.369 e. The Morgan fingerprint density at radius 1 is 1.41 bits per heavy atom. The van der Waals surface area contributed by atoms with Crippen LogP contribution in [-0.4, -0.2) is 35.7 Å². The third kappa shape index (κ3) is 4.57.